The van der Waals surface area contributed by atoms with E-state index in [0.717, 1.165) is 16.2 Å². The molecule has 0 aliphatic heterocycles. The number of hydrogen-bond acceptors (Lipinski definition) is 2. The van der Waals surface area contributed by atoms with Crippen LogP contribution in [0.3, 0.4) is 0 Å². The van der Waals surface area contributed by atoms with E-state index in [-0.39, 0.29) is 12.2 Å². The Kier molecular flexibility index (Phi) is 4.50. The minimum absolute atomic E-state index is 0.229. The molecule has 0 spiro atoms. The molecule has 2 nitrogen and oxygen atoms in total. The molecule has 0 aliphatic rings. The fourth-order valence-corrected chi connectivity index (χ4v) is 2.02. The number of aliphatic hydroxyl groups excluding tert-OH is 1. The molecular weight excluding hydrogens is 316 g/mol. The second-order valence-electron chi connectivity index (χ2n) is 4.05. The second kappa shape index (κ2) is 6.12. The zero-order valence-corrected chi connectivity index (χ0v) is 11.5. The topological polar surface area (TPSA) is 32.3 Å². The number of rotatable bonds is 4. The zero-order chi connectivity index (χ0) is 13.8. The van der Waals surface area contributed by atoms with E-state index >= 15 is 0 Å². The molecule has 0 aliphatic carbocycles. The van der Waals surface area contributed by atoms with E-state index in [1.54, 1.807) is 12.1 Å². The van der Waals surface area contributed by atoms with Gasteiger partial charge in [0.25, 0.3) is 0 Å². The highest BCUT2D eigenvalue weighted by atomic mass is 79.9. The van der Waals surface area contributed by atoms with E-state index in [0.29, 0.717) is 0 Å². The number of aliphatic hydroxyl groups is 1. The number of halogens is 3. The van der Waals surface area contributed by atoms with E-state index in [1.807, 2.05) is 12.1 Å². The lowest BCUT2D eigenvalue weighted by Crippen LogP contribution is -2.16. The van der Waals surface area contributed by atoms with Crippen LogP contribution in [0.1, 0.15) is 11.6 Å². The van der Waals surface area contributed by atoms with Crippen LogP contribution in [0, 0.1) is 11.6 Å². The van der Waals surface area contributed by atoms with Gasteiger partial charge in [0.15, 0.2) is 0 Å². The Labute approximate surface area is 118 Å². The molecule has 0 bridgehead atoms. The molecule has 2 aromatic carbocycles. The molecule has 1 atom stereocenters. The van der Waals surface area contributed by atoms with Crippen LogP contribution in [0.15, 0.2) is 46.9 Å². The van der Waals surface area contributed by atoms with Crippen LogP contribution in [0.5, 0.6) is 0 Å². The average molecular weight is 328 g/mol. The standard InChI is InChI=1S/C14H12BrF2NO/c15-9-1-4-11(5-2-9)18-14(8-19)12-6-3-10(16)7-13(12)17/h1-7,14,18-19H,8H2. The van der Waals surface area contributed by atoms with Gasteiger partial charge in [-0.25, -0.2) is 8.78 Å². The van der Waals surface area contributed by atoms with Crippen LogP contribution in [-0.4, -0.2) is 11.7 Å². The van der Waals surface area contributed by atoms with Gasteiger partial charge in [-0.2, -0.15) is 0 Å². The van der Waals surface area contributed by atoms with E-state index in [1.165, 1.54) is 12.1 Å². The van der Waals surface area contributed by atoms with Gasteiger partial charge < -0.3 is 10.4 Å². The number of benzene rings is 2. The smallest absolute Gasteiger partial charge is 0.131 e. The predicted octanol–water partition coefficient (Wildman–Crippen LogP) is 3.87. The Morgan fingerprint density at radius 1 is 1.11 bits per heavy atom. The minimum Gasteiger partial charge on any atom is -0.394 e. The molecule has 0 heterocycles. The van der Waals surface area contributed by atoms with Gasteiger partial charge in [-0.3, -0.25) is 0 Å². The van der Waals surface area contributed by atoms with Crippen molar-refractivity contribution in [3.63, 3.8) is 0 Å². The Morgan fingerprint density at radius 3 is 2.37 bits per heavy atom. The lowest BCUT2D eigenvalue weighted by molar-refractivity contribution is 0.273. The molecule has 0 saturated heterocycles. The summed E-state index contributed by atoms with van der Waals surface area (Å²) in [5, 5.41) is 12.4. The van der Waals surface area contributed by atoms with Gasteiger partial charge in [0.05, 0.1) is 12.6 Å². The maximum atomic E-state index is 13.7. The summed E-state index contributed by atoms with van der Waals surface area (Å²) in [6.45, 7) is -0.293. The van der Waals surface area contributed by atoms with Crippen molar-refractivity contribution >= 4 is 21.6 Å². The molecule has 0 fully saturated rings. The zero-order valence-electron chi connectivity index (χ0n) is 9.91. The SMILES string of the molecule is OCC(Nc1ccc(Br)cc1)c1ccc(F)cc1F. The van der Waals surface area contributed by atoms with Crippen molar-refractivity contribution in [2.75, 3.05) is 11.9 Å². The van der Waals surface area contributed by atoms with Crippen LogP contribution in [0.25, 0.3) is 0 Å². The third kappa shape index (κ3) is 3.52. The highest BCUT2D eigenvalue weighted by molar-refractivity contribution is 9.10. The monoisotopic (exact) mass is 327 g/mol. The lowest BCUT2D eigenvalue weighted by Gasteiger charge is -2.18. The predicted molar refractivity (Wildman–Crippen MR) is 73.9 cm³/mol. The van der Waals surface area contributed by atoms with Crippen LogP contribution < -0.4 is 5.32 Å². The third-order valence-corrected chi connectivity index (χ3v) is 3.23. The lowest BCUT2D eigenvalue weighted by atomic mass is 10.1. The fourth-order valence-electron chi connectivity index (χ4n) is 1.75. The Bertz CT molecular complexity index is 560. The van der Waals surface area contributed by atoms with Gasteiger partial charge in [0, 0.05) is 21.8 Å². The first-order valence-corrected chi connectivity index (χ1v) is 6.47. The van der Waals surface area contributed by atoms with E-state index in [9.17, 15) is 13.9 Å². The van der Waals surface area contributed by atoms with Gasteiger partial charge in [0.2, 0.25) is 0 Å². The first-order chi connectivity index (χ1) is 9.10. The summed E-state index contributed by atoms with van der Waals surface area (Å²) in [6, 6.07) is 9.95. The molecule has 2 aromatic rings. The van der Waals surface area contributed by atoms with Crippen LogP contribution in [-0.2, 0) is 0 Å². The van der Waals surface area contributed by atoms with Crippen molar-refractivity contribution in [2.24, 2.45) is 0 Å². The van der Waals surface area contributed by atoms with Crippen molar-refractivity contribution in [3.8, 4) is 0 Å². The Balaban J connectivity index is 2.22. The summed E-state index contributed by atoms with van der Waals surface area (Å²) in [5.41, 5.74) is 0.970. The van der Waals surface area contributed by atoms with Gasteiger partial charge in [-0.1, -0.05) is 22.0 Å². The largest absolute Gasteiger partial charge is 0.394 e. The molecule has 0 amide bonds. The van der Waals surface area contributed by atoms with Gasteiger partial charge in [-0.15, -0.1) is 0 Å². The summed E-state index contributed by atoms with van der Waals surface area (Å²) in [7, 11) is 0. The summed E-state index contributed by atoms with van der Waals surface area (Å²) in [4.78, 5) is 0. The van der Waals surface area contributed by atoms with Crippen molar-refractivity contribution in [1.82, 2.24) is 0 Å². The number of anilines is 1. The minimum atomic E-state index is -0.677. The molecule has 0 aromatic heterocycles. The van der Waals surface area contributed by atoms with Crippen LogP contribution in [0.2, 0.25) is 0 Å². The van der Waals surface area contributed by atoms with E-state index < -0.39 is 17.7 Å². The summed E-state index contributed by atoms with van der Waals surface area (Å²) >= 11 is 3.31. The van der Waals surface area contributed by atoms with Gasteiger partial charge in [-0.05, 0) is 30.3 Å². The molecule has 100 valence electrons. The molecule has 0 saturated carbocycles. The van der Waals surface area contributed by atoms with Crippen molar-refractivity contribution in [1.29, 1.82) is 0 Å². The Morgan fingerprint density at radius 2 is 1.79 bits per heavy atom. The summed E-state index contributed by atoms with van der Waals surface area (Å²) in [5.74, 6) is -1.31. The fraction of sp³-hybridized carbons (Fsp3) is 0.143. The highest BCUT2D eigenvalue weighted by Gasteiger charge is 2.15. The van der Waals surface area contributed by atoms with Crippen molar-refractivity contribution in [2.45, 2.75) is 6.04 Å². The van der Waals surface area contributed by atoms with E-state index in [4.69, 9.17) is 0 Å². The molecule has 2 rings (SSSR count). The number of nitrogens with one attached hydrogen (secondary N) is 1. The highest BCUT2D eigenvalue weighted by Crippen LogP contribution is 2.23. The molecule has 5 heteroatoms. The maximum Gasteiger partial charge on any atom is 0.131 e. The van der Waals surface area contributed by atoms with Crippen molar-refractivity contribution in [3.05, 3.63) is 64.1 Å². The van der Waals surface area contributed by atoms with Gasteiger partial charge >= 0.3 is 0 Å². The van der Waals surface area contributed by atoms with Crippen LogP contribution in [0.4, 0.5) is 14.5 Å². The third-order valence-electron chi connectivity index (χ3n) is 2.71. The maximum absolute atomic E-state index is 13.7. The molecule has 19 heavy (non-hydrogen) atoms. The number of hydrogen-bond donors (Lipinski definition) is 2. The molecule has 1 unspecified atom stereocenters. The molecular formula is C14H12BrF2NO. The molecule has 2 N–H and O–H groups in total. The Hall–Kier alpha value is -1.46. The van der Waals surface area contributed by atoms with Crippen LogP contribution >= 0.6 is 15.9 Å². The van der Waals surface area contributed by atoms with Gasteiger partial charge in [0.1, 0.15) is 11.6 Å². The average Bonchev–Trinajstić information content (AvgIpc) is 2.39. The summed E-state index contributed by atoms with van der Waals surface area (Å²) < 4.78 is 27.4. The molecule has 0 radical (unpaired) electrons. The van der Waals surface area contributed by atoms with Crippen molar-refractivity contribution < 1.29 is 13.9 Å². The normalized spacial score (nSPS) is 12.2. The quantitative estimate of drug-likeness (QED) is 0.893. The summed E-state index contributed by atoms with van der Waals surface area (Å²) in [6.07, 6.45) is 0. The first kappa shape index (κ1) is 14.0. The van der Waals surface area contributed by atoms with E-state index in [2.05, 4.69) is 21.2 Å². The second-order valence-corrected chi connectivity index (χ2v) is 4.97. The first-order valence-electron chi connectivity index (χ1n) is 5.68.